The molecule has 0 unspecified atom stereocenters. The third-order valence-electron chi connectivity index (χ3n) is 3.84. The Morgan fingerprint density at radius 3 is 2.57 bits per heavy atom. The fourth-order valence-electron chi connectivity index (χ4n) is 2.44. The number of aryl methyl sites for hydroxylation is 1. The number of benzene rings is 1. The molecule has 1 N–H and O–H groups in total. The average molecular weight is 313 g/mol. The lowest BCUT2D eigenvalue weighted by molar-refractivity contribution is -0.121. The van der Waals surface area contributed by atoms with E-state index >= 15 is 0 Å². The Morgan fingerprint density at radius 2 is 1.90 bits per heavy atom. The molecule has 0 saturated carbocycles. The maximum absolute atomic E-state index is 13.4. The van der Waals surface area contributed by atoms with E-state index in [1.807, 2.05) is 0 Å². The number of sulfone groups is 1. The molecule has 1 aliphatic heterocycles. The molecule has 0 atom stereocenters. The SMILES string of the molecule is O=C(CCc1ccccc1F)NCC1CCS(=O)(=O)CC1. The standard InChI is InChI=1S/C15H20FNO3S/c16-14-4-2-1-3-13(14)5-6-15(18)17-11-12-7-9-21(19,20)10-8-12/h1-4,12H,5-11H2,(H,17,18). The lowest BCUT2D eigenvalue weighted by Crippen LogP contribution is -2.34. The second-order valence-corrected chi connectivity index (χ2v) is 7.79. The topological polar surface area (TPSA) is 63.2 Å². The fourth-order valence-corrected chi connectivity index (χ4v) is 4.03. The molecule has 1 aromatic carbocycles. The minimum absolute atomic E-state index is 0.119. The molecular formula is C15H20FNO3S. The van der Waals surface area contributed by atoms with E-state index in [4.69, 9.17) is 0 Å². The van der Waals surface area contributed by atoms with Gasteiger partial charge in [-0.15, -0.1) is 0 Å². The first kappa shape index (κ1) is 15.9. The van der Waals surface area contributed by atoms with Crippen LogP contribution in [0.4, 0.5) is 4.39 Å². The Kier molecular flexibility index (Phi) is 5.33. The van der Waals surface area contributed by atoms with Gasteiger partial charge in [-0.1, -0.05) is 18.2 Å². The van der Waals surface area contributed by atoms with Crippen molar-refractivity contribution in [3.05, 3.63) is 35.6 Å². The zero-order valence-corrected chi connectivity index (χ0v) is 12.7. The number of hydrogen-bond acceptors (Lipinski definition) is 3. The van der Waals surface area contributed by atoms with Crippen LogP contribution < -0.4 is 5.32 Å². The summed E-state index contributed by atoms with van der Waals surface area (Å²) in [7, 11) is -2.86. The van der Waals surface area contributed by atoms with E-state index < -0.39 is 9.84 Å². The fraction of sp³-hybridized carbons (Fsp3) is 0.533. The van der Waals surface area contributed by atoms with E-state index in [0.717, 1.165) is 0 Å². The molecule has 0 spiro atoms. The van der Waals surface area contributed by atoms with E-state index in [1.165, 1.54) is 6.07 Å². The molecule has 6 heteroatoms. The first-order valence-electron chi connectivity index (χ1n) is 7.17. The van der Waals surface area contributed by atoms with Gasteiger partial charge >= 0.3 is 0 Å². The number of rotatable bonds is 5. The van der Waals surface area contributed by atoms with Gasteiger partial charge < -0.3 is 5.32 Å². The molecule has 1 fully saturated rings. The van der Waals surface area contributed by atoms with Gasteiger partial charge in [-0.2, -0.15) is 0 Å². The highest BCUT2D eigenvalue weighted by Gasteiger charge is 2.23. The zero-order valence-electron chi connectivity index (χ0n) is 11.8. The van der Waals surface area contributed by atoms with Crippen LogP contribution >= 0.6 is 0 Å². The van der Waals surface area contributed by atoms with Crippen LogP contribution in [0.2, 0.25) is 0 Å². The van der Waals surface area contributed by atoms with Crippen molar-refractivity contribution in [2.75, 3.05) is 18.1 Å². The van der Waals surface area contributed by atoms with Crippen molar-refractivity contribution in [2.24, 2.45) is 5.92 Å². The Balaban J connectivity index is 1.70. The Labute approximate surface area is 124 Å². The molecule has 1 aromatic rings. The summed E-state index contributed by atoms with van der Waals surface area (Å²) in [6.45, 7) is 0.506. The van der Waals surface area contributed by atoms with E-state index in [1.54, 1.807) is 18.2 Å². The number of carbonyl (C=O) groups excluding carboxylic acids is 1. The van der Waals surface area contributed by atoms with Crippen LogP contribution in [0.5, 0.6) is 0 Å². The van der Waals surface area contributed by atoms with Gasteiger partial charge in [0.05, 0.1) is 11.5 Å². The van der Waals surface area contributed by atoms with Crippen LogP contribution in [0.3, 0.4) is 0 Å². The molecule has 0 bridgehead atoms. The predicted octanol–water partition coefficient (Wildman–Crippen LogP) is 1.70. The molecule has 21 heavy (non-hydrogen) atoms. The lowest BCUT2D eigenvalue weighted by Gasteiger charge is -2.22. The summed E-state index contributed by atoms with van der Waals surface area (Å²) < 4.78 is 36.0. The van der Waals surface area contributed by atoms with Gasteiger partial charge in [0.2, 0.25) is 5.91 Å². The largest absolute Gasteiger partial charge is 0.356 e. The van der Waals surface area contributed by atoms with Crippen LogP contribution in [0.25, 0.3) is 0 Å². The molecule has 116 valence electrons. The first-order chi connectivity index (χ1) is 9.96. The summed E-state index contributed by atoms with van der Waals surface area (Å²) in [5.74, 6) is 0.242. The maximum atomic E-state index is 13.4. The molecule has 1 heterocycles. The van der Waals surface area contributed by atoms with Gasteiger partial charge in [0.25, 0.3) is 0 Å². The second kappa shape index (κ2) is 7.02. The minimum Gasteiger partial charge on any atom is -0.356 e. The van der Waals surface area contributed by atoms with Crippen molar-refractivity contribution >= 4 is 15.7 Å². The number of nitrogens with one attached hydrogen (secondary N) is 1. The Bertz CT molecular complexity index is 587. The van der Waals surface area contributed by atoms with Crippen LogP contribution in [0, 0.1) is 11.7 Å². The highest BCUT2D eigenvalue weighted by Crippen LogP contribution is 2.18. The number of halogens is 1. The van der Waals surface area contributed by atoms with Gasteiger partial charge in [-0.25, -0.2) is 12.8 Å². The van der Waals surface area contributed by atoms with Gasteiger partial charge in [-0.3, -0.25) is 4.79 Å². The van der Waals surface area contributed by atoms with Crippen molar-refractivity contribution in [1.29, 1.82) is 0 Å². The Morgan fingerprint density at radius 1 is 1.24 bits per heavy atom. The van der Waals surface area contributed by atoms with E-state index in [0.29, 0.717) is 31.4 Å². The van der Waals surface area contributed by atoms with Crippen LogP contribution in [-0.2, 0) is 21.1 Å². The van der Waals surface area contributed by atoms with Crippen LogP contribution in [0.15, 0.2) is 24.3 Å². The molecule has 1 amide bonds. The summed E-state index contributed by atoms with van der Waals surface area (Å²) in [6.07, 6.45) is 1.83. The van der Waals surface area contributed by atoms with Crippen molar-refractivity contribution < 1.29 is 17.6 Å². The lowest BCUT2D eigenvalue weighted by atomic mass is 10.0. The molecule has 0 radical (unpaired) electrons. The van der Waals surface area contributed by atoms with Crippen molar-refractivity contribution in [3.63, 3.8) is 0 Å². The number of carbonyl (C=O) groups is 1. The number of amides is 1. The van der Waals surface area contributed by atoms with Gasteiger partial charge in [0.15, 0.2) is 0 Å². The third kappa shape index (κ3) is 5.12. The first-order valence-corrected chi connectivity index (χ1v) is 8.99. The van der Waals surface area contributed by atoms with Crippen molar-refractivity contribution in [3.8, 4) is 0 Å². The Hall–Kier alpha value is -1.43. The zero-order chi connectivity index (χ0) is 15.3. The summed E-state index contributed by atoms with van der Waals surface area (Å²) in [5.41, 5.74) is 0.538. The summed E-state index contributed by atoms with van der Waals surface area (Å²) in [5, 5.41) is 2.81. The molecule has 4 nitrogen and oxygen atoms in total. The molecule has 1 aliphatic rings. The molecule has 1 saturated heterocycles. The predicted molar refractivity (Wildman–Crippen MR) is 79.1 cm³/mol. The highest BCUT2D eigenvalue weighted by molar-refractivity contribution is 7.91. The van der Waals surface area contributed by atoms with E-state index in [-0.39, 0.29) is 35.6 Å². The molecule has 0 aromatic heterocycles. The maximum Gasteiger partial charge on any atom is 0.220 e. The normalized spacial score (nSPS) is 18.3. The van der Waals surface area contributed by atoms with Crippen LogP contribution in [-0.4, -0.2) is 32.4 Å². The van der Waals surface area contributed by atoms with Crippen LogP contribution in [0.1, 0.15) is 24.8 Å². The minimum atomic E-state index is -2.86. The van der Waals surface area contributed by atoms with Gasteiger partial charge in [0, 0.05) is 13.0 Å². The van der Waals surface area contributed by atoms with Crippen molar-refractivity contribution in [2.45, 2.75) is 25.7 Å². The summed E-state index contributed by atoms with van der Waals surface area (Å²) >= 11 is 0. The smallest absolute Gasteiger partial charge is 0.220 e. The second-order valence-electron chi connectivity index (χ2n) is 5.49. The van der Waals surface area contributed by atoms with Gasteiger partial charge in [0.1, 0.15) is 15.7 Å². The van der Waals surface area contributed by atoms with Crippen molar-refractivity contribution in [1.82, 2.24) is 5.32 Å². The number of hydrogen-bond donors (Lipinski definition) is 1. The third-order valence-corrected chi connectivity index (χ3v) is 5.56. The summed E-state index contributed by atoms with van der Waals surface area (Å²) in [6, 6.07) is 6.43. The van der Waals surface area contributed by atoms with Gasteiger partial charge in [-0.05, 0) is 36.8 Å². The molecule has 2 rings (SSSR count). The quantitative estimate of drug-likeness (QED) is 0.900. The van der Waals surface area contributed by atoms with E-state index in [2.05, 4.69) is 5.32 Å². The molecular weight excluding hydrogens is 293 g/mol. The van der Waals surface area contributed by atoms with E-state index in [9.17, 15) is 17.6 Å². The highest BCUT2D eigenvalue weighted by atomic mass is 32.2. The molecule has 0 aliphatic carbocycles. The summed E-state index contributed by atoms with van der Waals surface area (Å²) in [4.78, 5) is 11.7. The monoisotopic (exact) mass is 313 g/mol. The average Bonchev–Trinajstić information content (AvgIpc) is 2.45.